The fourth-order valence-electron chi connectivity index (χ4n) is 2.93. The highest BCUT2D eigenvalue weighted by molar-refractivity contribution is 8.00. The number of carbonyl (C=O) groups excluding carboxylic acids is 1. The summed E-state index contributed by atoms with van der Waals surface area (Å²) in [6.45, 7) is 2.51. The van der Waals surface area contributed by atoms with Crippen molar-refractivity contribution in [1.82, 2.24) is 15.5 Å². The number of hydrogen-bond acceptors (Lipinski definition) is 10. The molecule has 2 aromatic rings. The number of benzene rings is 1. The molecule has 0 radical (unpaired) electrons. The van der Waals surface area contributed by atoms with E-state index in [2.05, 4.69) is 9.73 Å². The predicted molar refractivity (Wildman–Crippen MR) is 141 cm³/mol. The van der Waals surface area contributed by atoms with Crippen LogP contribution in [0, 0.1) is 5.82 Å². The van der Waals surface area contributed by atoms with Crippen LogP contribution in [0.5, 0.6) is 0 Å². The number of carboxylic acids is 1. The van der Waals surface area contributed by atoms with Crippen molar-refractivity contribution in [3.8, 4) is 0 Å². The van der Waals surface area contributed by atoms with Gasteiger partial charge in [0, 0.05) is 30.8 Å². The number of carbonyl (C=O) groups is 2. The van der Waals surface area contributed by atoms with Crippen LogP contribution in [0.4, 0.5) is 10.1 Å². The Morgan fingerprint density at radius 2 is 1.97 bits per heavy atom. The number of rotatable bonds is 8. The number of nitrogens with zero attached hydrogens (tertiary/aromatic N) is 3. The number of esters is 1. The average Bonchev–Trinajstić information content (AvgIpc) is 3.13. The summed E-state index contributed by atoms with van der Waals surface area (Å²) in [5.74, 6) is -2.06. The molecule has 12 nitrogen and oxygen atoms in total. The summed E-state index contributed by atoms with van der Waals surface area (Å²) in [5.41, 5.74) is 5.17. The second-order valence-corrected chi connectivity index (χ2v) is 12.7. The molecule has 0 amide bonds. The van der Waals surface area contributed by atoms with Gasteiger partial charge in [-0.1, -0.05) is 11.6 Å². The average molecular weight is 602 g/mol. The normalized spacial score (nSPS) is 15.4. The van der Waals surface area contributed by atoms with E-state index >= 15 is 0 Å². The van der Waals surface area contributed by atoms with Gasteiger partial charge in [-0.3, -0.25) is 23.6 Å². The molecule has 0 saturated heterocycles. The number of thioether (sulfide) groups is 1. The van der Waals surface area contributed by atoms with E-state index in [0.717, 1.165) is 42.0 Å². The Labute approximate surface area is 225 Å². The molecule has 1 aliphatic rings. The molecule has 2 unspecified atom stereocenters. The monoisotopic (exact) mass is 601 g/mol. The fourth-order valence-corrected chi connectivity index (χ4v) is 5.68. The molecule has 208 valence electrons. The summed E-state index contributed by atoms with van der Waals surface area (Å²) < 4.78 is 32.9. The van der Waals surface area contributed by atoms with Gasteiger partial charge in [-0.25, -0.2) is 14.1 Å². The van der Waals surface area contributed by atoms with E-state index in [1.807, 2.05) is 0 Å². The zero-order valence-electron chi connectivity index (χ0n) is 20.3. The first kappa shape index (κ1) is 33.0. The lowest BCUT2D eigenvalue weighted by molar-refractivity contribution is -0.139. The van der Waals surface area contributed by atoms with Crippen molar-refractivity contribution in [1.29, 1.82) is 0 Å². The standard InChI is InChI=1S/C15H15ClFN3O3S2.C5H12NO4P.H3N/c1-23-13(21)8-24-12-7-11(10(17)6-9(12)16)18-14-19-4-2-3-5-20(19)15(22)25-14;1-11(9,10)3-2-4(6)5(7)8;/h6-7H,2-5,8H2,1H3;4H,2-3,6H2,1H3,(H,7,8)(H,9,10);1H3/b18-14-;;. The van der Waals surface area contributed by atoms with Crippen LogP contribution in [0.3, 0.4) is 0 Å². The van der Waals surface area contributed by atoms with E-state index in [1.165, 1.54) is 19.8 Å². The minimum Gasteiger partial charge on any atom is -0.480 e. The molecule has 1 aromatic heterocycles. The second-order valence-electron chi connectivity index (χ2n) is 7.82. The van der Waals surface area contributed by atoms with Gasteiger partial charge in [-0.05, 0) is 42.7 Å². The number of aromatic nitrogens is 2. The Balaban J connectivity index is 0.000000487. The minimum absolute atomic E-state index is 0. The third kappa shape index (κ3) is 10.3. The largest absolute Gasteiger partial charge is 0.480 e. The first-order valence-corrected chi connectivity index (χ1v) is 15.1. The molecule has 2 atom stereocenters. The van der Waals surface area contributed by atoms with Crippen molar-refractivity contribution in [3.05, 3.63) is 37.4 Å². The number of methoxy groups -OCH3 is 1. The van der Waals surface area contributed by atoms with E-state index < -0.39 is 31.2 Å². The molecule has 0 bridgehead atoms. The molecule has 37 heavy (non-hydrogen) atoms. The highest BCUT2D eigenvalue weighted by Gasteiger charge is 2.17. The van der Waals surface area contributed by atoms with Crippen molar-refractivity contribution < 1.29 is 33.3 Å². The molecular formula is C20H30ClFN5O7PS2. The lowest BCUT2D eigenvalue weighted by atomic mass is 10.2. The third-order valence-corrected chi connectivity index (χ3v) is 8.27. The molecule has 1 aliphatic heterocycles. The zero-order chi connectivity index (χ0) is 27.0. The topological polar surface area (TPSA) is 201 Å². The summed E-state index contributed by atoms with van der Waals surface area (Å²) in [6, 6.07) is 1.61. The maximum absolute atomic E-state index is 14.3. The summed E-state index contributed by atoms with van der Waals surface area (Å²) in [5, 5.41) is 8.48. The summed E-state index contributed by atoms with van der Waals surface area (Å²) in [6.07, 6.45) is 1.90. The van der Waals surface area contributed by atoms with Gasteiger partial charge in [-0.2, -0.15) is 0 Å². The van der Waals surface area contributed by atoms with Crippen molar-refractivity contribution in [2.75, 3.05) is 25.7 Å². The first-order chi connectivity index (χ1) is 16.8. The molecule has 0 saturated carbocycles. The molecule has 0 aliphatic carbocycles. The van der Waals surface area contributed by atoms with Crippen LogP contribution in [0.15, 0.2) is 26.8 Å². The van der Waals surface area contributed by atoms with Gasteiger partial charge in [0.05, 0.1) is 17.9 Å². The Morgan fingerprint density at radius 1 is 1.35 bits per heavy atom. The smallest absolute Gasteiger partial charge is 0.325 e. The molecule has 2 heterocycles. The summed E-state index contributed by atoms with van der Waals surface area (Å²) in [7, 11) is -1.81. The Morgan fingerprint density at radius 3 is 2.54 bits per heavy atom. The number of halogens is 2. The Hall–Kier alpha value is -2.00. The van der Waals surface area contributed by atoms with E-state index in [-0.39, 0.29) is 40.1 Å². The lowest BCUT2D eigenvalue weighted by Gasteiger charge is -2.15. The van der Waals surface area contributed by atoms with Gasteiger partial charge in [0.25, 0.3) is 0 Å². The molecule has 7 N–H and O–H groups in total. The minimum atomic E-state index is -3.10. The number of nitrogens with two attached hydrogens (primary N) is 1. The molecule has 3 rings (SSSR count). The molecule has 1 aromatic carbocycles. The number of hydrogen-bond donors (Lipinski definition) is 4. The number of carboxylic acid groups (broad SMARTS) is 1. The van der Waals surface area contributed by atoms with Gasteiger partial charge in [0.1, 0.15) is 17.5 Å². The van der Waals surface area contributed by atoms with Crippen LogP contribution in [0.2, 0.25) is 5.02 Å². The van der Waals surface area contributed by atoms with Crippen LogP contribution in [0.25, 0.3) is 0 Å². The van der Waals surface area contributed by atoms with Crippen LogP contribution < -0.4 is 21.6 Å². The highest BCUT2D eigenvalue weighted by Crippen LogP contribution is 2.36. The van der Waals surface area contributed by atoms with Gasteiger partial charge in [0.2, 0.25) is 4.80 Å². The third-order valence-electron chi connectivity index (χ3n) is 4.85. The first-order valence-electron chi connectivity index (χ1n) is 10.6. The van der Waals surface area contributed by atoms with Crippen LogP contribution in [-0.2, 0) is 32.0 Å². The van der Waals surface area contributed by atoms with Crippen molar-refractivity contribution in [3.63, 3.8) is 0 Å². The van der Waals surface area contributed by atoms with Crippen LogP contribution in [0.1, 0.15) is 19.3 Å². The Bertz CT molecular complexity index is 1280. The molecular weight excluding hydrogens is 572 g/mol. The summed E-state index contributed by atoms with van der Waals surface area (Å²) in [4.78, 5) is 47.4. The van der Waals surface area contributed by atoms with Crippen molar-refractivity contribution in [2.24, 2.45) is 10.7 Å². The molecule has 0 spiro atoms. The fraction of sp³-hybridized carbons (Fsp3) is 0.500. The van der Waals surface area contributed by atoms with Gasteiger partial charge < -0.3 is 26.6 Å². The van der Waals surface area contributed by atoms with Crippen LogP contribution in [-0.4, -0.2) is 63.0 Å². The highest BCUT2D eigenvalue weighted by atomic mass is 35.5. The van der Waals surface area contributed by atoms with Crippen molar-refractivity contribution >= 4 is 59.7 Å². The SMILES string of the molecule is COC(=O)CSc1cc(/N=c2\sc(=O)n3n2CCCC3)c(F)cc1Cl.CP(=O)(O)CCC(N)C(=O)O.N. The van der Waals surface area contributed by atoms with E-state index in [1.54, 1.807) is 9.36 Å². The Kier molecular flexibility index (Phi) is 13.2. The maximum Gasteiger partial charge on any atom is 0.325 e. The van der Waals surface area contributed by atoms with E-state index in [9.17, 15) is 23.3 Å². The van der Waals surface area contributed by atoms with Gasteiger partial charge >= 0.3 is 16.8 Å². The van der Waals surface area contributed by atoms with E-state index in [4.69, 9.17) is 27.3 Å². The quantitative estimate of drug-likeness (QED) is 0.198. The van der Waals surface area contributed by atoms with Crippen molar-refractivity contribution in [2.45, 2.75) is 43.3 Å². The van der Waals surface area contributed by atoms with E-state index in [0.29, 0.717) is 22.8 Å². The number of ether oxygens (including phenoxy) is 1. The maximum atomic E-state index is 14.3. The van der Waals surface area contributed by atoms with Crippen LogP contribution >= 0.6 is 42.1 Å². The zero-order valence-corrected chi connectivity index (χ0v) is 23.5. The predicted octanol–water partition coefficient (Wildman–Crippen LogP) is 2.65. The number of fused-ring (bicyclic) bond motifs is 1. The van der Waals surface area contributed by atoms with Gasteiger partial charge in [-0.15, -0.1) is 11.8 Å². The van der Waals surface area contributed by atoms with Gasteiger partial charge in [0.15, 0.2) is 7.37 Å². The lowest BCUT2D eigenvalue weighted by Crippen LogP contribution is -2.31. The number of aliphatic carboxylic acids is 1. The second kappa shape index (κ2) is 14.8. The summed E-state index contributed by atoms with van der Waals surface area (Å²) >= 11 is 8.17. The molecule has 0 fully saturated rings. The molecule has 17 heteroatoms.